The number of carbonyl (C=O) groups is 2. The molecule has 2 rings (SSSR count). The largest absolute Gasteiger partial charge is 0.356 e. The molecule has 0 atom stereocenters. The van der Waals surface area contributed by atoms with Gasteiger partial charge in [-0.1, -0.05) is 0 Å². The Kier molecular flexibility index (Phi) is 3.98. The predicted octanol–water partition coefficient (Wildman–Crippen LogP) is 2.97. The van der Waals surface area contributed by atoms with Crippen molar-refractivity contribution in [2.45, 2.75) is 13.5 Å². The molecule has 0 bridgehead atoms. The normalized spacial score (nSPS) is 10.3. The van der Waals surface area contributed by atoms with Gasteiger partial charge in [0.25, 0.3) is 5.91 Å². The third-order valence-corrected chi connectivity index (χ3v) is 3.96. The molecule has 0 saturated carbocycles. The van der Waals surface area contributed by atoms with Gasteiger partial charge in [-0.05, 0) is 45.9 Å². The molecule has 0 spiro atoms. The number of hydrogen-bond donors (Lipinski definition) is 2. The van der Waals surface area contributed by atoms with Crippen molar-refractivity contribution in [2.24, 2.45) is 0 Å². The topological polar surface area (TPSA) is 62.0 Å². The van der Waals surface area contributed by atoms with E-state index in [1.807, 2.05) is 11.4 Å². The molecular weight excluding hydrogens is 316 g/mol. The minimum absolute atomic E-state index is 0.0629. The first-order valence-electron chi connectivity index (χ1n) is 5.26. The van der Waals surface area contributed by atoms with E-state index in [4.69, 9.17) is 0 Å². The Hall–Kier alpha value is -1.40. The summed E-state index contributed by atoms with van der Waals surface area (Å²) < 4.78 is 1.03. The van der Waals surface area contributed by atoms with Crippen molar-refractivity contribution in [1.29, 1.82) is 0 Å². The van der Waals surface area contributed by atoms with Gasteiger partial charge in [0.1, 0.15) is 5.69 Å². The van der Waals surface area contributed by atoms with Crippen molar-refractivity contribution in [1.82, 2.24) is 10.3 Å². The number of carbonyl (C=O) groups excluding carboxylic acids is 2. The number of thiophene rings is 1. The molecule has 0 aliphatic rings. The SMILES string of the molecule is CC(=O)c1c[nH]c(C(=O)NCc2csc(Br)c2)c1. The number of H-pyrrole nitrogens is 1. The van der Waals surface area contributed by atoms with Gasteiger partial charge in [-0.2, -0.15) is 0 Å². The van der Waals surface area contributed by atoms with Crippen LogP contribution in [-0.2, 0) is 6.54 Å². The van der Waals surface area contributed by atoms with Crippen molar-refractivity contribution in [3.05, 3.63) is 44.3 Å². The Morgan fingerprint density at radius 2 is 2.22 bits per heavy atom. The minimum Gasteiger partial charge on any atom is -0.356 e. The van der Waals surface area contributed by atoms with Crippen LogP contribution in [0.1, 0.15) is 33.3 Å². The van der Waals surface area contributed by atoms with Crippen LogP contribution in [0.15, 0.2) is 27.5 Å². The van der Waals surface area contributed by atoms with E-state index in [0.717, 1.165) is 9.35 Å². The molecular formula is C12H11BrN2O2S. The highest BCUT2D eigenvalue weighted by Gasteiger charge is 2.10. The second-order valence-electron chi connectivity index (χ2n) is 3.80. The van der Waals surface area contributed by atoms with Gasteiger partial charge in [-0.15, -0.1) is 11.3 Å². The molecule has 0 radical (unpaired) electrons. The van der Waals surface area contributed by atoms with Gasteiger partial charge in [0.05, 0.1) is 3.79 Å². The lowest BCUT2D eigenvalue weighted by atomic mass is 10.2. The van der Waals surface area contributed by atoms with Crippen molar-refractivity contribution in [2.75, 3.05) is 0 Å². The van der Waals surface area contributed by atoms with Gasteiger partial charge in [0.2, 0.25) is 0 Å². The fourth-order valence-electron chi connectivity index (χ4n) is 1.44. The molecule has 0 fully saturated rings. The van der Waals surface area contributed by atoms with Crippen molar-refractivity contribution < 1.29 is 9.59 Å². The smallest absolute Gasteiger partial charge is 0.267 e. The Balaban J connectivity index is 1.97. The van der Waals surface area contributed by atoms with Crippen LogP contribution in [0.2, 0.25) is 0 Å². The van der Waals surface area contributed by atoms with E-state index in [1.165, 1.54) is 6.92 Å². The van der Waals surface area contributed by atoms with E-state index in [1.54, 1.807) is 23.6 Å². The summed E-state index contributed by atoms with van der Waals surface area (Å²) >= 11 is 4.94. The maximum absolute atomic E-state index is 11.8. The molecule has 0 aliphatic carbocycles. The van der Waals surface area contributed by atoms with Gasteiger partial charge in [0.15, 0.2) is 5.78 Å². The van der Waals surface area contributed by atoms with E-state index in [-0.39, 0.29) is 11.7 Å². The Bertz CT molecular complexity index is 588. The zero-order chi connectivity index (χ0) is 13.1. The Morgan fingerprint density at radius 3 is 2.78 bits per heavy atom. The van der Waals surface area contributed by atoms with E-state index in [2.05, 4.69) is 26.2 Å². The lowest BCUT2D eigenvalue weighted by Gasteiger charge is -2.01. The number of aromatic nitrogens is 1. The summed E-state index contributed by atoms with van der Waals surface area (Å²) in [5.74, 6) is -0.281. The second kappa shape index (κ2) is 5.49. The highest BCUT2D eigenvalue weighted by molar-refractivity contribution is 9.11. The van der Waals surface area contributed by atoms with Crippen LogP contribution in [0, 0.1) is 0 Å². The number of nitrogens with one attached hydrogen (secondary N) is 2. The van der Waals surface area contributed by atoms with Crippen LogP contribution >= 0.6 is 27.3 Å². The first-order chi connectivity index (χ1) is 8.56. The third-order valence-electron chi connectivity index (χ3n) is 2.41. The molecule has 0 saturated heterocycles. The molecule has 1 amide bonds. The molecule has 0 aliphatic heterocycles. The summed E-state index contributed by atoms with van der Waals surface area (Å²) in [6.45, 7) is 1.93. The summed E-state index contributed by atoms with van der Waals surface area (Å²) in [6, 6.07) is 3.52. The van der Waals surface area contributed by atoms with Crippen molar-refractivity contribution >= 4 is 39.0 Å². The maximum atomic E-state index is 11.8. The van der Waals surface area contributed by atoms with Gasteiger partial charge in [-0.3, -0.25) is 9.59 Å². The van der Waals surface area contributed by atoms with Gasteiger partial charge >= 0.3 is 0 Å². The average Bonchev–Trinajstić information content (AvgIpc) is 2.94. The van der Waals surface area contributed by atoms with E-state index in [9.17, 15) is 9.59 Å². The van der Waals surface area contributed by atoms with E-state index >= 15 is 0 Å². The second-order valence-corrected chi connectivity index (χ2v) is 6.09. The molecule has 2 aromatic rings. The molecule has 2 N–H and O–H groups in total. The highest BCUT2D eigenvalue weighted by atomic mass is 79.9. The fourth-order valence-corrected chi connectivity index (χ4v) is 2.65. The van der Waals surface area contributed by atoms with Gasteiger partial charge < -0.3 is 10.3 Å². The zero-order valence-electron chi connectivity index (χ0n) is 9.62. The summed E-state index contributed by atoms with van der Waals surface area (Å²) in [6.07, 6.45) is 1.54. The number of ketones is 1. The quantitative estimate of drug-likeness (QED) is 0.848. The first-order valence-corrected chi connectivity index (χ1v) is 6.94. The molecule has 0 aromatic carbocycles. The van der Waals surface area contributed by atoms with Crippen molar-refractivity contribution in [3.8, 4) is 0 Å². The number of hydrogen-bond acceptors (Lipinski definition) is 3. The summed E-state index contributed by atoms with van der Waals surface area (Å²) in [5, 5.41) is 4.76. The molecule has 18 heavy (non-hydrogen) atoms. The van der Waals surface area contributed by atoms with E-state index in [0.29, 0.717) is 17.8 Å². The maximum Gasteiger partial charge on any atom is 0.267 e. The molecule has 6 heteroatoms. The Morgan fingerprint density at radius 1 is 1.44 bits per heavy atom. The van der Waals surface area contributed by atoms with Gasteiger partial charge in [0, 0.05) is 18.3 Å². The van der Waals surface area contributed by atoms with Crippen LogP contribution in [0.5, 0.6) is 0 Å². The molecule has 0 unspecified atom stereocenters. The molecule has 4 nitrogen and oxygen atoms in total. The lowest BCUT2D eigenvalue weighted by molar-refractivity contribution is 0.0946. The molecule has 2 heterocycles. The monoisotopic (exact) mass is 326 g/mol. The van der Waals surface area contributed by atoms with Crippen LogP contribution in [0.3, 0.4) is 0 Å². The van der Waals surface area contributed by atoms with E-state index < -0.39 is 0 Å². The highest BCUT2D eigenvalue weighted by Crippen LogP contribution is 2.20. The zero-order valence-corrected chi connectivity index (χ0v) is 12.0. The number of halogens is 1. The lowest BCUT2D eigenvalue weighted by Crippen LogP contribution is -2.22. The Labute approximate surface area is 117 Å². The predicted molar refractivity (Wildman–Crippen MR) is 74.0 cm³/mol. The van der Waals surface area contributed by atoms with Crippen LogP contribution in [0.4, 0.5) is 0 Å². The van der Waals surface area contributed by atoms with Crippen LogP contribution < -0.4 is 5.32 Å². The number of rotatable bonds is 4. The first kappa shape index (κ1) is 13.0. The molecule has 2 aromatic heterocycles. The standard InChI is InChI=1S/C12H11BrN2O2S/c1-7(16)9-3-10(14-5-9)12(17)15-4-8-2-11(13)18-6-8/h2-3,5-6,14H,4H2,1H3,(H,15,17). The minimum atomic E-state index is -0.218. The van der Waals surface area contributed by atoms with Crippen LogP contribution in [-0.4, -0.2) is 16.7 Å². The summed E-state index contributed by atoms with van der Waals surface area (Å²) in [5.41, 5.74) is 1.95. The number of aromatic amines is 1. The fraction of sp³-hybridized carbons (Fsp3) is 0.167. The van der Waals surface area contributed by atoms with Crippen molar-refractivity contribution in [3.63, 3.8) is 0 Å². The summed E-state index contributed by atoms with van der Waals surface area (Å²) in [7, 11) is 0. The number of amides is 1. The summed E-state index contributed by atoms with van der Waals surface area (Å²) in [4.78, 5) is 25.7. The third kappa shape index (κ3) is 3.08. The average molecular weight is 327 g/mol. The number of Topliss-reactive ketones (excluding diaryl/α,β-unsaturated/α-hetero) is 1. The van der Waals surface area contributed by atoms with Gasteiger partial charge in [-0.25, -0.2) is 0 Å². The van der Waals surface area contributed by atoms with Crippen LogP contribution in [0.25, 0.3) is 0 Å². The molecule has 94 valence electrons.